The lowest BCUT2D eigenvalue weighted by Gasteiger charge is -2.23. The molecule has 0 atom stereocenters. The Balaban J connectivity index is 1.84. The van der Waals surface area contributed by atoms with Crippen molar-refractivity contribution in [2.24, 2.45) is 0 Å². The molecule has 0 aliphatic carbocycles. The quantitative estimate of drug-likeness (QED) is 0.731. The van der Waals surface area contributed by atoms with E-state index < -0.39 is 0 Å². The predicted octanol–water partition coefficient (Wildman–Crippen LogP) is 4.09. The number of carbonyl (C=O) groups excluding carboxylic acids is 2. The van der Waals surface area contributed by atoms with E-state index in [1.807, 2.05) is 48.5 Å². The molecule has 0 bridgehead atoms. The van der Waals surface area contributed by atoms with Crippen LogP contribution in [0.4, 0.5) is 5.69 Å². The molecule has 0 spiro atoms. The molecule has 29 heavy (non-hydrogen) atoms. The third-order valence-corrected chi connectivity index (χ3v) is 4.88. The van der Waals surface area contributed by atoms with Crippen molar-refractivity contribution >= 4 is 17.5 Å². The van der Waals surface area contributed by atoms with Gasteiger partial charge in [0.15, 0.2) is 0 Å². The molecule has 5 heteroatoms. The minimum atomic E-state index is -0.0699. The van der Waals surface area contributed by atoms with Crippen LogP contribution in [0.15, 0.2) is 48.5 Å². The second-order valence-electron chi connectivity index (χ2n) is 8.17. The van der Waals surface area contributed by atoms with E-state index in [0.29, 0.717) is 13.1 Å². The van der Waals surface area contributed by atoms with Gasteiger partial charge in [0, 0.05) is 32.1 Å². The zero-order valence-corrected chi connectivity index (χ0v) is 18.1. The Labute approximate surface area is 174 Å². The number of nitrogens with one attached hydrogen (secondary N) is 1. The first-order valence-electron chi connectivity index (χ1n) is 9.99. The fourth-order valence-corrected chi connectivity index (χ4v) is 3.05. The second-order valence-corrected chi connectivity index (χ2v) is 8.17. The first-order chi connectivity index (χ1) is 13.7. The summed E-state index contributed by atoms with van der Waals surface area (Å²) in [6.07, 6.45) is 1.02. The van der Waals surface area contributed by atoms with Crippen molar-refractivity contribution < 1.29 is 14.3 Å². The average Bonchev–Trinajstić information content (AvgIpc) is 2.68. The van der Waals surface area contributed by atoms with Crippen LogP contribution in [-0.2, 0) is 21.4 Å². The van der Waals surface area contributed by atoms with Gasteiger partial charge in [-0.25, -0.2) is 0 Å². The molecular weight excluding hydrogens is 364 g/mol. The number of hydrogen-bond donors (Lipinski definition) is 1. The Morgan fingerprint density at radius 3 is 2.14 bits per heavy atom. The highest BCUT2D eigenvalue weighted by Gasteiger charge is 2.16. The van der Waals surface area contributed by atoms with E-state index in [1.165, 1.54) is 12.5 Å². The van der Waals surface area contributed by atoms with E-state index in [4.69, 9.17) is 4.74 Å². The summed E-state index contributed by atoms with van der Waals surface area (Å²) in [5.41, 5.74) is 3.22. The van der Waals surface area contributed by atoms with Gasteiger partial charge in [0.2, 0.25) is 11.8 Å². The number of methoxy groups -OCH3 is 1. The molecule has 0 aliphatic heterocycles. The van der Waals surface area contributed by atoms with Crippen molar-refractivity contribution in [2.75, 3.05) is 25.1 Å². The summed E-state index contributed by atoms with van der Waals surface area (Å²) in [6.45, 7) is 8.91. The van der Waals surface area contributed by atoms with Gasteiger partial charge in [-0.1, -0.05) is 45.0 Å². The average molecular weight is 397 g/mol. The van der Waals surface area contributed by atoms with Crippen molar-refractivity contribution in [1.29, 1.82) is 0 Å². The zero-order chi connectivity index (χ0) is 21.4. The highest BCUT2D eigenvalue weighted by molar-refractivity contribution is 5.92. The largest absolute Gasteiger partial charge is 0.497 e. The van der Waals surface area contributed by atoms with Crippen LogP contribution in [0.2, 0.25) is 0 Å². The maximum absolute atomic E-state index is 12.2. The van der Waals surface area contributed by atoms with Crippen LogP contribution in [0.1, 0.15) is 45.2 Å². The molecule has 0 saturated heterocycles. The summed E-state index contributed by atoms with van der Waals surface area (Å²) >= 11 is 0. The van der Waals surface area contributed by atoms with Crippen molar-refractivity contribution in [2.45, 2.75) is 46.0 Å². The third kappa shape index (κ3) is 6.93. The van der Waals surface area contributed by atoms with Gasteiger partial charge >= 0.3 is 0 Å². The lowest BCUT2D eigenvalue weighted by Crippen LogP contribution is -2.34. The zero-order valence-electron chi connectivity index (χ0n) is 18.1. The third-order valence-electron chi connectivity index (χ3n) is 4.88. The van der Waals surface area contributed by atoms with Crippen LogP contribution in [0.3, 0.4) is 0 Å². The highest BCUT2D eigenvalue weighted by Crippen LogP contribution is 2.25. The molecule has 2 aromatic rings. The van der Waals surface area contributed by atoms with Gasteiger partial charge in [-0.05, 0) is 47.2 Å². The molecule has 156 valence electrons. The summed E-state index contributed by atoms with van der Waals surface area (Å²) in [7, 11) is 1.64. The molecule has 0 aromatic heterocycles. The van der Waals surface area contributed by atoms with Crippen LogP contribution in [0.5, 0.6) is 5.75 Å². The Bertz CT molecular complexity index is 806. The molecule has 0 heterocycles. The van der Waals surface area contributed by atoms with E-state index in [2.05, 4.69) is 26.1 Å². The summed E-state index contributed by atoms with van der Waals surface area (Å²) in [5.74, 6) is 0.688. The molecule has 1 N–H and O–H groups in total. The molecule has 0 unspecified atom stereocenters. The Morgan fingerprint density at radius 1 is 1.00 bits per heavy atom. The van der Waals surface area contributed by atoms with Crippen LogP contribution in [0, 0.1) is 0 Å². The van der Waals surface area contributed by atoms with Crippen LogP contribution >= 0.6 is 0 Å². The maximum Gasteiger partial charge on any atom is 0.223 e. The molecule has 2 amide bonds. The normalized spacial score (nSPS) is 11.1. The molecule has 5 nitrogen and oxygen atoms in total. The predicted molar refractivity (Wildman–Crippen MR) is 117 cm³/mol. The number of ether oxygens (including phenoxy) is 1. The molecule has 0 radical (unpaired) electrons. The number of carbonyl (C=O) groups is 2. The molecule has 0 fully saturated rings. The van der Waals surface area contributed by atoms with Gasteiger partial charge in [-0.3, -0.25) is 9.59 Å². The van der Waals surface area contributed by atoms with Crippen LogP contribution in [0.25, 0.3) is 0 Å². The lowest BCUT2D eigenvalue weighted by atomic mass is 9.87. The Hall–Kier alpha value is -2.82. The van der Waals surface area contributed by atoms with E-state index in [-0.39, 0.29) is 23.7 Å². The summed E-state index contributed by atoms with van der Waals surface area (Å²) < 4.78 is 5.14. The van der Waals surface area contributed by atoms with Gasteiger partial charge in [0.25, 0.3) is 0 Å². The topological polar surface area (TPSA) is 58.6 Å². The first kappa shape index (κ1) is 22.5. The molecule has 2 aromatic carbocycles. The number of hydrogen-bond acceptors (Lipinski definition) is 3. The smallest absolute Gasteiger partial charge is 0.223 e. The highest BCUT2D eigenvalue weighted by atomic mass is 16.5. The van der Waals surface area contributed by atoms with Gasteiger partial charge in [-0.2, -0.15) is 0 Å². The fourth-order valence-electron chi connectivity index (χ4n) is 3.05. The molecule has 0 saturated carbocycles. The Morgan fingerprint density at radius 2 is 1.62 bits per heavy atom. The number of anilines is 1. The molecule has 2 rings (SSSR count). The van der Waals surface area contributed by atoms with Crippen molar-refractivity contribution in [3.8, 4) is 5.75 Å². The van der Waals surface area contributed by atoms with Crippen LogP contribution < -0.4 is 15.0 Å². The van der Waals surface area contributed by atoms with E-state index in [1.54, 1.807) is 12.0 Å². The minimum absolute atomic E-state index is 0.0589. The van der Waals surface area contributed by atoms with Crippen molar-refractivity contribution in [3.63, 3.8) is 0 Å². The SMILES string of the molecule is COc1ccc(CCNC(=O)CCN(C(C)=O)c2ccc(C(C)(C)C)cc2)cc1. The van der Waals surface area contributed by atoms with Crippen molar-refractivity contribution in [3.05, 3.63) is 59.7 Å². The van der Waals surface area contributed by atoms with Gasteiger partial charge in [0.05, 0.1) is 7.11 Å². The number of nitrogens with zero attached hydrogens (tertiary/aromatic N) is 1. The Kier molecular flexibility index (Phi) is 7.82. The van der Waals surface area contributed by atoms with Crippen molar-refractivity contribution in [1.82, 2.24) is 5.32 Å². The van der Waals surface area contributed by atoms with E-state index >= 15 is 0 Å². The number of benzene rings is 2. The summed E-state index contributed by atoms with van der Waals surface area (Å²) in [4.78, 5) is 25.9. The van der Waals surface area contributed by atoms with E-state index in [9.17, 15) is 9.59 Å². The van der Waals surface area contributed by atoms with Gasteiger partial charge in [0.1, 0.15) is 5.75 Å². The summed E-state index contributed by atoms with van der Waals surface area (Å²) in [5, 5.41) is 2.93. The first-order valence-corrected chi connectivity index (χ1v) is 9.99. The number of amides is 2. The van der Waals surface area contributed by atoms with Crippen LogP contribution in [-0.4, -0.2) is 32.0 Å². The monoisotopic (exact) mass is 396 g/mol. The number of rotatable bonds is 8. The summed E-state index contributed by atoms with van der Waals surface area (Å²) in [6, 6.07) is 15.8. The molecular formula is C24H32N2O3. The van der Waals surface area contributed by atoms with Gasteiger partial charge in [-0.15, -0.1) is 0 Å². The second kappa shape index (κ2) is 10.1. The van der Waals surface area contributed by atoms with E-state index in [0.717, 1.165) is 23.4 Å². The maximum atomic E-state index is 12.2. The standard InChI is InChI=1S/C24H32N2O3/c1-18(27)26(21-10-8-20(9-11-21)24(2,3)4)17-15-23(28)25-16-14-19-6-12-22(29-5)13-7-19/h6-13H,14-17H2,1-5H3,(H,25,28). The van der Waals surface area contributed by atoms with Gasteiger partial charge < -0.3 is 15.0 Å². The minimum Gasteiger partial charge on any atom is -0.497 e. The lowest BCUT2D eigenvalue weighted by molar-refractivity contribution is -0.121. The molecule has 0 aliphatic rings. The fraction of sp³-hybridized carbons (Fsp3) is 0.417.